The summed E-state index contributed by atoms with van der Waals surface area (Å²) in [5, 5.41) is 14.7. The number of nitrogens with one attached hydrogen (secondary N) is 1. The first-order valence-electron chi connectivity index (χ1n) is 10.8. The fraction of sp³-hybridized carbons (Fsp3) is 0.591. The maximum Gasteiger partial charge on any atom is 0.390 e. The van der Waals surface area contributed by atoms with Gasteiger partial charge in [0.05, 0.1) is 6.54 Å². The monoisotopic (exact) mass is 448 g/mol. The summed E-state index contributed by atoms with van der Waals surface area (Å²) in [7, 11) is 0. The SMILES string of the molecule is CC[N+](CC)(CC)OC(=O)[C@@H]1N2C(=O)[C@@H](NC([O-])=NCc3ccccc3)[C@H]2SC1(C)C. The topological polar surface area (TPSA) is 94.1 Å². The fourth-order valence-electron chi connectivity index (χ4n) is 4.16. The van der Waals surface area contributed by atoms with E-state index in [-0.39, 0.29) is 22.5 Å². The van der Waals surface area contributed by atoms with Crippen molar-refractivity contribution in [2.45, 2.75) is 63.4 Å². The first-order valence-corrected chi connectivity index (χ1v) is 11.7. The van der Waals surface area contributed by atoms with E-state index >= 15 is 0 Å². The molecule has 1 aromatic rings. The van der Waals surface area contributed by atoms with Crippen molar-refractivity contribution in [3.8, 4) is 0 Å². The molecule has 2 heterocycles. The third-order valence-corrected chi connectivity index (χ3v) is 7.78. The largest absolute Gasteiger partial charge is 0.846 e. The molecule has 0 aliphatic carbocycles. The summed E-state index contributed by atoms with van der Waals surface area (Å²) in [5.41, 5.74) is 0.919. The number of amidine groups is 1. The minimum atomic E-state index is -0.688. The van der Waals surface area contributed by atoms with Gasteiger partial charge in [0.25, 0.3) is 0 Å². The smallest absolute Gasteiger partial charge is 0.390 e. The molecule has 0 spiro atoms. The second-order valence-corrected chi connectivity index (χ2v) is 10.2. The number of benzene rings is 1. The molecule has 0 unspecified atom stereocenters. The van der Waals surface area contributed by atoms with Gasteiger partial charge in [-0.3, -0.25) is 14.6 Å². The maximum absolute atomic E-state index is 13.1. The van der Waals surface area contributed by atoms with Crippen LogP contribution < -0.4 is 10.4 Å². The molecule has 1 N–H and O–H groups in total. The summed E-state index contributed by atoms with van der Waals surface area (Å²) in [6.45, 7) is 12.1. The van der Waals surface area contributed by atoms with Crippen molar-refractivity contribution in [1.82, 2.24) is 10.2 Å². The van der Waals surface area contributed by atoms with Gasteiger partial charge in [0, 0.05) is 10.8 Å². The number of rotatable bonds is 8. The quantitative estimate of drug-likeness (QED) is 0.212. The van der Waals surface area contributed by atoms with Crippen molar-refractivity contribution in [2.75, 3.05) is 19.6 Å². The van der Waals surface area contributed by atoms with Crippen LogP contribution in [0.3, 0.4) is 0 Å². The van der Waals surface area contributed by atoms with E-state index in [4.69, 9.17) is 4.84 Å². The lowest BCUT2D eigenvalue weighted by molar-refractivity contribution is -1.09. The lowest BCUT2D eigenvalue weighted by Gasteiger charge is -2.45. The third-order valence-electron chi connectivity index (χ3n) is 6.20. The number of hydrogen-bond acceptors (Lipinski definition) is 6. The normalized spacial score (nSPS) is 25.1. The van der Waals surface area contributed by atoms with E-state index in [1.807, 2.05) is 65.0 Å². The molecule has 1 amide bonds. The van der Waals surface area contributed by atoms with E-state index in [0.717, 1.165) is 5.56 Å². The molecule has 2 fully saturated rings. The highest BCUT2D eigenvalue weighted by Gasteiger charge is 2.65. The van der Waals surface area contributed by atoms with E-state index in [0.29, 0.717) is 19.6 Å². The van der Waals surface area contributed by atoms with Crippen LogP contribution in [0.5, 0.6) is 0 Å². The van der Waals surface area contributed by atoms with Crippen molar-refractivity contribution in [3.63, 3.8) is 0 Å². The summed E-state index contributed by atoms with van der Waals surface area (Å²) in [4.78, 5) is 37.5. The number of thioether (sulfide) groups is 1. The number of aliphatic imine (C=N–C) groups is 1. The predicted octanol–water partition coefficient (Wildman–Crippen LogP) is 1.26. The van der Waals surface area contributed by atoms with E-state index in [1.165, 1.54) is 11.8 Å². The average Bonchev–Trinajstić information content (AvgIpc) is 3.03. The van der Waals surface area contributed by atoms with E-state index in [1.54, 1.807) is 4.90 Å². The van der Waals surface area contributed by atoms with Crippen LogP contribution >= 0.6 is 11.8 Å². The second-order valence-electron chi connectivity index (χ2n) is 8.41. The number of amides is 1. The summed E-state index contributed by atoms with van der Waals surface area (Å²) >= 11 is 1.51. The molecule has 2 saturated heterocycles. The van der Waals surface area contributed by atoms with Crippen molar-refractivity contribution in [1.29, 1.82) is 0 Å². The molecule has 9 heteroatoms. The Balaban J connectivity index is 1.68. The molecule has 1 aromatic carbocycles. The van der Waals surface area contributed by atoms with Crippen molar-refractivity contribution in [3.05, 3.63) is 35.9 Å². The third kappa shape index (κ3) is 4.52. The second kappa shape index (κ2) is 9.08. The number of nitrogens with zero attached hydrogens (tertiary/aromatic N) is 3. The van der Waals surface area contributed by atoms with Crippen LogP contribution in [0, 0.1) is 0 Å². The fourth-order valence-corrected chi connectivity index (χ4v) is 5.78. The summed E-state index contributed by atoms with van der Waals surface area (Å²) in [6.07, 6.45) is 0. The van der Waals surface area contributed by atoms with Gasteiger partial charge in [0.1, 0.15) is 31.0 Å². The molecule has 8 nitrogen and oxygen atoms in total. The Morgan fingerprint density at radius 2 is 1.84 bits per heavy atom. The zero-order valence-corrected chi connectivity index (χ0v) is 19.6. The molecular weight excluding hydrogens is 416 g/mol. The molecule has 0 aromatic heterocycles. The molecule has 170 valence electrons. The minimum Gasteiger partial charge on any atom is -0.846 e. The van der Waals surface area contributed by atoms with E-state index < -0.39 is 28.8 Å². The van der Waals surface area contributed by atoms with Crippen LogP contribution in [0.15, 0.2) is 35.3 Å². The zero-order chi connectivity index (χ0) is 22.8. The minimum absolute atomic E-state index is 0.224. The molecule has 3 atom stereocenters. The Labute approximate surface area is 188 Å². The van der Waals surface area contributed by atoms with Crippen LogP contribution in [0.25, 0.3) is 0 Å². The van der Waals surface area contributed by atoms with Gasteiger partial charge in [-0.15, -0.1) is 16.4 Å². The molecule has 2 aliphatic heterocycles. The van der Waals surface area contributed by atoms with Crippen LogP contribution in [-0.4, -0.2) is 69.3 Å². The molecule has 31 heavy (non-hydrogen) atoms. The predicted molar refractivity (Wildman–Crippen MR) is 119 cm³/mol. The molecule has 3 rings (SSSR count). The number of fused-ring (bicyclic) bond motifs is 1. The van der Waals surface area contributed by atoms with Crippen LogP contribution in [-0.2, 0) is 21.0 Å². The number of hydrogen-bond donors (Lipinski definition) is 1. The van der Waals surface area contributed by atoms with Gasteiger partial charge in [0.2, 0.25) is 5.91 Å². The van der Waals surface area contributed by atoms with Gasteiger partial charge in [-0.25, -0.2) is 4.79 Å². The summed E-state index contributed by atoms with van der Waals surface area (Å²) in [5.74, 6) is -0.659. The van der Waals surface area contributed by atoms with Gasteiger partial charge in [0.15, 0.2) is 6.04 Å². The van der Waals surface area contributed by atoms with Crippen LogP contribution in [0.4, 0.5) is 0 Å². The first kappa shape index (κ1) is 23.4. The van der Waals surface area contributed by atoms with E-state index in [2.05, 4.69) is 10.3 Å². The lowest BCUT2D eigenvalue weighted by atomic mass is 9.96. The highest BCUT2D eigenvalue weighted by Crippen LogP contribution is 2.51. The van der Waals surface area contributed by atoms with Crippen LogP contribution in [0.2, 0.25) is 0 Å². The van der Waals surface area contributed by atoms with Crippen LogP contribution in [0.1, 0.15) is 40.2 Å². The van der Waals surface area contributed by atoms with Gasteiger partial charge in [-0.05, 0) is 40.2 Å². The Bertz CT molecular complexity index is 833. The molecule has 0 saturated carbocycles. The van der Waals surface area contributed by atoms with Crippen molar-refractivity contribution < 1.29 is 24.2 Å². The van der Waals surface area contributed by atoms with Gasteiger partial charge in [-0.1, -0.05) is 30.3 Å². The number of carbonyl (C=O) groups excluding carboxylic acids is 2. The number of quaternary nitrogens is 1. The average molecular weight is 449 g/mol. The number of carbonyl (C=O) groups is 2. The summed E-state index contributed by atoms with van der Waals surface area (Å²) in [6, 6.07) is 7.55. The Kier molecular flexibility index (Phi) is 6.85. The van der Waals surface area contributed by atoms with Crippen molar-refractivity contribution in [2.24, 2.45) is 4.99 Å². The molecule has 0 radical (unpaired) electrons. The lowest BCUT2D eigenvalue weighted by Crippen LogP contribution is -2.72. The van der Waals surface area contributed by atoms with Gasteiger partial charge in [-0.2, -0.15) is 0 Å². The van der Waals surface area contributed by atoms with Crippen molar-refractivity contribution >= 4 is 29.7 Å². The Morgan fingerprint density at radius 1 is 1.23 bits per heavy atom. The summed E-state index contributed by atoms with van der Waals surface area (Å²) < 4.78 is -0.301. The number of hydroxylamine groups is 3. The highest BCUT2D eigenvalue weighted by molar-refractivity contribution is 8.01. The Morgan fingerprint density at radius 3 is 2.42 bits per heavy atom. The maximum atomic E-state index is 13.1. The molecule has 0 bridgehead atoms. The standard InChI is InChI=1S/C22H32N4O4S/c1-6-26(7-2,8-3)30-20(28)17-22(4,5)31-19-16(18(27)25(17)19)24-21(29)23-14-15-12-10-9-11-13-15/h9-13,16-17,19H,6-8,14H2,1-5H3,(H-,23,24,29)/t16-,17+,19-/m1/s1. The first-order chi connectivity index (χ1) is 14.7. The van der Waals surface area contributed by atoms with Gasteiger partial charge < -0.3 is 15.3 Å². The van der Waals surface area contributed by atoms with Gasteiger partial charge >= 0.3 is 5.97 Å². The number of β-lactam (4-membered cyclic amide) rings is 1. The van der Waals surface area contributed by atoms with E-state index in [9.17, 15) is 14.7 Å². The molecule has 2 aliphatic rings. The molecular formula is C22H32N4O4S. The highest BCUT2D eigenvalue weighted by atomic mass is 32.2. The Hall–Kier alpha value is -2.26. The zero-order valence-electron chi connectivity index (χ0n) is 18.8.